The average molecular weight is 483 g/mol. The third kappa shape index (κ3) is 5.63. The topological polar surface area (TPSA) is 123 Å². The van der Waals surface area contributed by atoms with Gasteiger partial charge in [-0.15, -0.1) is 0 Å². The number of rotatable bonds is 10. The lowest BCUT2D eigenvalue weighted by molar-refractivity contribution is -0.149. The van der Waals surface area contributed by atoms with Crippen LogP contribution in [0.4, 0.5) is 4.79 Å². The minimum Gasteiger partial charge on any atom is -0.479 e. The molecule has 0 spiro atoms. The van der Waals surface area contributed by atoms with Crippen molar-refractivity contribution in [1.29, 1.82) is 0 Å². The molecule has 1 aliphatic carbocycles. The molecule has 1 unspecified atom stereocenters. The minimum atomic E-state index is -1.03. The lowest BCUT2D eigenvalue weighted by Gasteiger charge is -2.19. The van der Waals surface area contributed by atoms with Crippen LogP contribution in [0.2, 0.25) is 0 Å². The predicted molar refractivity (Wildman–Crippen MR) is 127 cm³/mol. The fraction of sp³-hybridized carbons (Fsp3) is 0.423. The molecule has 2 aromatic carbocycles. The van der Waals surface area contributed by atoms with Gasteiger partial charge in [-0.1, -0.05) is 48.5 Å². The van der Waals surface area contributed by atoms with Gasteiger partial charge in [0, 0.05) is 45.1 Å². The second kappa shape index (κ2) is 11.3. The van der Waals surface area contributed by atoms with Crippen LogP contribution < -0.4 is 10.6 Å². The van der Waals surface area contributed by atoms with Crippen LogP contribution >= 0.6 is 0 Å². The predicted octanol–water partition coefficient (Wildman–Crippen LogP) is 2.54. The van der Waals surface area contributed by atoms with Crippen LogP contribution in [0, 0.1) is 5.92 Å². The molecule has 2 aromatic rings. The number of aliphatic carboxylic acids is 1. The number of nitrogens with one attached hydrogen (secondary N) is 2. The average Bonchev–Trinajstić information content (AvgIpc) is 3.47. The van der Waals surface area contributed by atoms with Gasteiger partial charge in [0.05, 0.1) is 0 Å². The second-order valence-corrected chi connectivity index (χ2v) is 8.69. The fourth-order valence-electron chi connectivity index (χ4n) is 4.77. The second-order valence-electron chi connectivity index (χ2n) is 8.69. The summed E-state index contributed by atoms with van der Waals surface area (Å²) in [6.45, 7) is 0.944. The highest BCUT2D eigenvalue weighted by atomic mass is 16.5. The number of carbonyl (C=O) groups is 3. The maximum Gasteiger partial charge on any atom is 0.407 e. The van der Waals surface area contributed by atoms with Gasteiger partial charge in [0.25, 0.3) is 0 Å². The first-order chi connectivity index (χ1) is 17.0. The van der Waals surface area contributed by atoms with Crippen molar-refractivity contribution < 1.29 is 33.7 Å². The summed E-state index contributed by atoms with van der Waals surface area (Å²) >= 11 is 0. The molecule has 1 heterocycles. The molecule has 35 heavy (non-hydrogen) atoms. The molecule has 1 saturated heterocycles. The molecule has 0 aromatic heterocycles. The summed E-state index contributed by atoms with van der Waals surface area (Å²) < 4.78 is 15.9. The third-order valence-electron chi connectivity index (χ3n) is 6.59. The molecule has 186 valence electrons. The standard InChI is InChI=1S/C26H30N2O7/c1-33-22(24(29)28-14-16-11-13-34-23(16)25(30)31)10-12-27-26(32)35-15-21-19-8-4-2-6-17(19)18-7-3-5-9-20(18)21/h2-9,16,21-23H,10-15H2,1H3,(H,27,32)(H,28,29)(H,30,31)/t16-,22?,23-/m0/s1. The van der Waals surface area contributed by atoms with E-state index in [1.54, 1.807) is 0 Å². The summed E-state index contributed by atoms with van der Waals surface area (Å²) in [5, 5.41) is 14.6. The number of alkyl carbamates (subject to hydrolysis) is 1. The third-order valence-corrected chi connectivity index (χ3v) is 6.59. The van der Waals surface area contributed by atoms with Gasteiger partial charge in [0.15, 0.2) is 6.10 Å². The van der Waals surface area contributed by atoms with Gasteiger partial charge in [-0.25, -0.2) is 9.59 Å². The zero-order valence-corrected chi connectivity index (χ0v) is 19.6. The van der Waals surface area contributed by atoms with Gasteiger partial charge in [0.2, 0.25) is 5.91 Å². The minimum absolute atomic E-state index is 0.0279. The van der Waals surface area contributed by atoms with Crippen molar-refractivity contribution in [1.82, 2.24) is 10.6 Å². The lowest BCUT2D eigenvalue weighted by Crippen LogP contribution is -2.42. The highest BCUT2D eigenvalue weighted by molar-refractivity contribution is 5.81. The van der Waals surface area contributed by atoms with Crippen LogP contribution in [-0.2, 0) is 23.8 Å². The number of ether oxygens (including phenoxy) is 3. The van der Waals surface area contributed by atoms with E-state index in [-0.39, 0.29) is 43.9 Å². The van der Waals surface area contributed by atoms with Gasteiger partial charge in [-0.2, -0.15) is 0 Å². The van der Waals surface area contributed by atoms with Crippen molar-refractivity contribution in [3.63, 3.8) is 0 Å². The number of carboxylic acids is 1. The Morgan fingerprint density at radius 3 is 2.34 bits per heavy atom. The van der Waals surface area contributed by atoms with E-state index in [2.05, 4.69) is 34.9 Å². The molecule has 4 rings (SSSR count). The van der Waals surface area contributed by atoms with E-state index in [9.17, 15) is 14.4 Å². The zero-order chi connectivity index (χ0) is 24.8. The molecular formula is C26H30N2O7. The van der Waals surface area contributed by atoms with Gasteiger partial charge in [-0.05, 0) is 28.7 Å². The van der Waals surface area contributed by atoms with Gasteiger partial charge < -0.3 is 30.0 Å². The molecule has 9 nitrogen and oxygen atoms in total. The molecular weight excluding hydrogens is 452 g/mol. The molecule has 3 atom stereocenters. The van der Waals surface area contributed by atoms with Crippen LogP contribution in [0.25, 0.3) is 11.1 Å². The van der Waals surface area contributed by atoms with E-state index in [0.29, 0.717) is 13.0 Å². The van der Waals surface area contributed by atoms with E-state index in [1.165, 1.54) is 7.11 Å². The van der Waals surface area contributed by atoms with Crippen LogP contribution in [0.1, 0.15) is 29.9 Å². The highest BCUT2D eigenvalue weighted by Gasteiger charge is 2.34. The Morgan fingerprint density at radius 1 is 1.06 bits per heavy atom. The fourth-order valence-corrected chi connectivity index (χ4v) is 4.77. The van der Waals surface area contributed by atoms with Crippen molar-refractivity contribution in [3.8, 4) is 11.1 Å². The van der Waals surface area contributed by atoms with Gasteiger partial charge in [0.1, 0.15) is 12.7 Å². The summed E-state index contributed by atoms with van der Waals surface area (Å²) in [5.41, 5.74) is 4.58. The number of methoxy groups -OCH3 is 1. The van der Waals surface area contributed by atoms with E-state index in [1.807, 2.05) is 24.3 Å². The monoisotopic (exact) mass is 482 g/mol. The number of carbonyl (C=O) groups excluding carboxylic acids is 2. The molecule has 9 heteroatoms. The summed E-state index contributed by atoms with van der Waals surface area (Å²) in [6.07, 6.45) is -1.44. The number of carboxylic acid groups (broad SMARTS) is 1. The number of hydrogen-bond acceptors (Lipinski definition) is 6. The summed E-state index contributed by atoms with van der Waals surface area (Å²) in [5.74, 6) is -1.71. The van der Waals surface area contributed by atoms with Crippen LogP contribution in [0.3, 0.4) is 0 Å². The van der Waals surface area contributed by atoms with E-state index in [4.69, 9.17) is 19.3 Å². The first-order valence-corrected chi connectivity index (χ1v) is 11.7. The highest BCUT2D eigenvalue weighted by Crippen LogP contribution is 2.44. The van der Waals surface area contributed by atoms with Crippen LogP contribution in [-0.4, -0.2) is 68.7 Å². The number of amides is 2. The normalized spacial score (nSPS) is 19.5. The van der Waals surface area contributed by atoms with Crippen LogP contribution in [0.15, 0.2) is 48.5 Å². The van der Waals surface area contributed by atoms with Crippen LogP contribution in [0.5, 0.6) is 0 Å². The first kappa shape index (κ1) is 24.7. The Kier molecular flexibility index (Phi) is 7.99. The van der Waals surface area contributed by atoms with Gasteiger partial charge in [-0.3, -0.25) is 4.79 Å². The summed E-state index contributed by atoms with van der Waals surface area (Å²) in [4.78, 5) is 36.0. The van der Waals surface area contributed by atoms with Crippen molar-refractivity contribution >= 4 is 18.0 Å². The van der Waals surface area contributed by atoms with Crippen molar-refractivity contribution in [2.75, 3.05) is 33.4 Å². The first-order valence-electron chi connectivity index (χ1n) is 11.7. The lowest BCUT2D eigenvalue weighted by atomic mass is 9.98. The smallest absolute Gasteiger partial charge is 0.407 e. The Bertz CT molecular complexity index is 1030. The molecule has 1 fully saturated rings. The molecule has 2 aliphatic rings. The molecule has 3 N–H and O–H groups in total. The van der Waals surface area contributed by atoms with E-state index in [0.717, 1.165) is 22.3 Å². The SMILES string of the molecule is COC(CCNC(=O)OCC1c2ccccc2-c2ccccc21)C(=O)NC[C@@H]1CCO[C@@H]1C(=O)O. The zero-order valence-electron chi connectivity index (χ0n) is 19.6. The number of fused-ring (bicyclic) bond motifs is 3. The van der Waals surface area contributed by atoms with E-state index < -0.39 is 24.3 Å². The Hall–Kier alpha value is -3.43. The molecule has 0 saturated carbocycles. The number of hydrogen-bond donors (Lipinski definition) is 3. The summed E-state index contributed by atoms with van der Waals surface area (Å²) in [6, 6.07) is 16.2. The summed E-state index contributed by atoms with van der Waals surface area (Å²) in [7, 11) is 1.41. The van der Waals surface area contributed by atoms with Crippen molar-refractivity contribution in [3.05, 3.63) is 59.7 Å². The molecule has 1 aliphatic heterocycles. The van der Waals surface area contributed by atoms with Crippen molar-refractivity contribution in [2.24, 2.45) is 5.92 Å². The largest absolute Gasteiger partial charge is 0.479 e. The maximum absolute atomic E-state index is 12.4. The molecule has 0 radical (unpaired) electrons. The van der Waals surface area contributed by atoms with Crippen molar-refractivity contribution in [2.45, 2.75) is 31.0 Å². The number of benzene rings is 2. The Balaban J connectivity index is 1.22. The maximum atomic E-state index is 12.4. The van der Waals surface area contributed by atoms with Gasteiger partial charge >= 0.3 is 12.1 Å². The quantitative estimate of drug-likeness (QED) is 0.476. The molecule has 2 amide bonds. The Labute approximate surface area is 203 Å². The Morgan fingerprint density at radius 2 is 1.71 bits per heavy atom. The molecule has 0 bridgehead atoms. The van der Waals surface area contributed by atoms with E-state index >= 15 is 0 Å².